The predicted molar refractivity (Wildman–Crippen MR) is 60.6 cm³/mol. The maximum atomic E-state index is 12.1. The molecule has 1 N–H and O–H groups in total. The Labute approximate surface area is 91.5 Å². The molecule has 2 saturated heterocycles. The fourth-order valence-corrected chi connectivity index (χ4v) is 2.33. The molecule has 2 aliphatic heterocycles. The Balaban J connectivity index is 1.86. The summed E-state index contributed by atoms with van der Waals surface area (Å²) in [6.45, 7) is 6.71. The van der Waals surface area contributed by atoms with E-state index in [0.717, 1.165) is 38.9 Å². The smallest absolute Gasteiger partial charge is 0.239 e. The molecule has 0 bridgehead atoms. The van der Waals surface area contributed by atoms with Gasteiger partial charge in [0.05, 0.1) is 6.04 Å². The van der Waals surface area contributed by atoms with Crippen molar-refractivity contribution >= 4 is 5.91 Å². The molecule has 0 aromatic heterocycles. The zero-order valence-corrected chi connectivity index (χ0v) is 9.30. The van der Waals surface area contributed by atoms with Crippen molar-refractivity contribution in [1.29, 1.82) is 0 Å². The van der Waals surface area contributed by atoms with Crippen molar-refractivity contribution in [2.45, 2.75) is 38.1 Å². The quantitative estimate of drug-likeness (QED) is 0.659. The molecule has 2 heterocycles. The zero-order valence-electron chi connectivity index (χ0n) is 9.30. The summed E-state index contributed by atoms with van der Waals surface area (Å²) in [7, 11) is 0. The highest BCUT2D eigenvalue weighted by atomic mass is 16.2. The van der Waals surface area contributed by atoms with Crippen LogP contribution in [0.2, 0.25) is 0 Å². The molecule has 84 valence electrons. The number of likely N-dealkylation sites (tertiary alicyclic amines) is 1. The normalized spacial score (nSPS) is 27.9. The monoisotopic (exact) mass is 208 g/mol. The Morgan fingerprint density at radius 2 is 2.07 bits per heavy atom. The van der Waals surface area contributed by atoms with E-state index in [2.05, 4.69) is 11.9 Å². The van der Waals surface area contributed by atoms with Crippen LogP contribution >= 0.6 is 0 Å². The van der Waals surface area contributed by atoms with Crippen molar-refractivity contribution in [3.63, 3.8) is 0 Å². The molecule has 3 nitrogen and oxygen atoms in total. The van der Waals surface area contributed by atoms with Crippen molar-refractivity contribution in [3.05, 3.63) is 12.2 Å². The summed E-state index contributed by atoms with van der Waals surface area (Å²) in [4.78, 5) is 14.1. The number of carbonyl (C=O) groups excluding carboxylic acids is 1. The van der Waals surface area contributed by atoms with Crippen LogP contribution < -0.4 is 5.32 Å². The topological polar surface area (TPSA) is 32.3 Å². The van der Waals surface area contributed by atoms with Gasteiger partial charge in [-0.3, -0.25) is 4.79 Å². The largest absolute Gasteiger partial charge is 0.341 e. The molecule has 0 aliphatic carbocycles. The summed E-state index contributed by atoms with van der Waals surface area (Å²) in [5.41, 5.74) is 1.29. The Morgan fingerprint density at radius 1 is 1.33 bits per heavy atom. The number of hydrogen-bond donors (Lipinski definition) is 1. The lowest BCUT2D eigenvalue weighted by Crippen LogP contribution is -2.50. The van der Waals surface area contributed by atoms with E-state index in [4.69, 9.17) is 0 Å². The van der Waals surface area contributed by atoms with Crippen LogP contribution in [0, 0.1) is 0 Å². The standard InChI is InChI=1S/C12H20N2O/c1-10-5-8-14(9-6-10)12(15)11-4-2-3-7-13-11/h11,13H,1-9H2/t11-/m1/s1. The highest BCUT2D eigenvalue weighted by Gasteiger charge is 2.26. The van der Waals surface area contributed by atoms with Crippen molar-refractivity contribution in [2.75, 3.05) is 19.6 Å². The molecule has 0 spiro atoms. The Morgan fingerprint density at radius 3 is 2.67 bits per heavy atom. The molecule has 0 aromatic carbocycles. The number of nitrogens with one attached hydrogen (secondary N) is 1. The minimum absolute atomic E-state index is 0.0881. The molecule has 0 radical (unpaired) electrons. The summed E-state index contributed by atoms with van der Waals surface area (Å²) in [6, 6.07) is 0.0881. The second kappa shape index (κ2) is 4.79. The van der Waals surface area contributed by atoms with Gasteiger partial charge < -0.3 is 10.2 Å². The first-order chi connectivity index (χ1) is 7.27. The van der Waals surface area contributed by atoms with E-state index in [9.17, 15) is 4.79 Å². The highest BCUT2D eigenvalue weighted by molar-refractivity contribution is 5.82. The van der Waals surface area contributed by atoms with Crippen LogP contribution in [0.4, 0.5) is 0 Å². The first kappa shape index (κ1) is 10.7. The molecule has 2 fully saturated rings. The van der Waals surface area contributed by atoms with Gasteiger partial charge in [0.25, 0.3) is 0 Å². The first-order valence-electron chi connectivity index (χ1n) is 5.96. The number of hydrogen-bond acceptors (Lipinski definition) is 2. The zero-order chi connectivity index (χ0) is 10.7. The molecular weight excluding hydrogens is 188 g/mol. The van der Waals surface area contributed by atoms with Gasteiger partial charge >= 0.3 is 0 Å². The molecule has 0 saturated carbocycles. The van der Waals surface area contributed by atoms with Crippen molar-refractivity contribution in [2.24, 2.45) is 0 Å². The van der Waals surface area contributed by atoms with E-state index in [0.29, 0.717) is 5.91 Å². The third-order valence-electron chi connectivity index (χ3n) is 3.39. The van der Waals surface area contributed by atoms with E-state index in [1.165, 1.54) is 18.4 Å². The molecule has 2 aliphatic rings. The Bertz CT molecular complexity index is 246. The van der Waals surface area contributed by atoms with Crippen LogP contribution in [-0.4, -0.2) is 36.5 Å². The van der Waals surface area contributed by atoms with Gasteiger partial charge in [-0.15, -0.1) is 0 Å². The minimum atomic E-state index is 0.0881. The maximum Gasteiger partial charge on any atom is 0.239 e. The lowest BCUT2D eigenvalue weighted by Gasteiger charge is -2.33. The number of nitrogens with zero attached hydrogens (tertiary/aromatic N) is 1. The molecule has 1 atom stereocenters. The summed E-state index contributed by atoms with van der Waals surface area (Å²) < 4.78 is 0. The lowest BCUT2D eigenvalue weighted by molar-refractivity contribution is -0.134. The highest BCUT2D eigenvalue weighted by Crippen LogP contribution is 2.17. The van der Waals surface area contributed by atoms with Crippen LogP contribution in [0.25, 0.3) is 0 Å². The SMILES string of the molecule is C=C1CCN(C(=O)[C@H]2CCCCN2)CC1. The van der Waals surface area contributed by atoms with Crippen molar-refractivity contribution < 1.29 is 4.79 Å². The van der Waals surface area contributed by atoms with Gasteiger partial charge in [-0.25, -0.2) is 0 Å². The Hall–Kier alpha value is -0.830. The molecule has 2 rings (SSSR count). The summed E-state index contributed by atoms with van der Waals surface area (Å²) >= 11 is 0. The first-order valence-corrected chi connectivity index (χ1v) is 5.96. The second-order valence-corrected chi connectivity index (χ2v) is 4.58. The number of piperidine rings is 2. The van der Waals surface area contributed by atoms with Crippen molar-refractivity contribution in [3.8, 4) is 0 Å². The van der Waals surface area contributed by atoms with Crippen LogP contribution in [0.5, 0.6) is 0 Å². The summed E-state index contributed by atoms with van der Waals surface area (Å²) in [5, 5.41) is 3.31. The van der Waals surface area contributed by atoms with Gasteiger partial charge in [-0.05, 0) is 32.2 Å². The fraction of sp³-hybridized carbons (Fsp3) is 0.750. The number of carbonyl (C=O) groups is 1. The Kier molecular flexibility index (Phi) is 3.41. The average molecular weight is 208 g/mol. The van der Waals surface area contributed by atoms with Crippen LogP contribution in [0.15, 0.2) is 12.2 Å². The maximum absolute atomic E-state index is 12.1. The second-order valence-electron chi connectivity index (χ2n) is 4.58. The van der Waals surface area contributed by atoms with E-state index < -0.39 is 0 Å². The van der Waals surface area contributed by atoms with Gasteiger partial charge in [0.2, 0.25) is 5.91 Å². The van der Waals surface area contributed by atoms with Gasteiger partial charge in [0.1, 0.15) is 0 Å². The third-order valence-corrected chi connectivity index (χ3v) is 3.39. The molecular formula is C12H20N2O. The third kappa shape index (κ3) is 2.59. The van der Waals surface area contributed by atoms with E-state index in [-0.39, 0.29) is 6.04 Å². The van der Waals surface area contributed by atoms with Gasteiger partial charge in [0.15, 0.2) is 0 Å². The van der Waals surface area contributed by atoms with E-state index in [1.807, 2.05) is 4.90 Å². The van der Waals surface area contributed by atoms with Crippen LogP contribution in [0.3, 0.4) is 0 Å². The van der Waals surface area contributed by atoms with E-state index in [1.54, 1.807) is 0 Å². The molecule has 0 aromatic rings. The molecule has 3 heteroatoms. The molecule has 1 amide bonds. The minimum Gasteiger partial charge on any atom is -0.341 e. The predicted octanol–water partition coefficient (Wildman–Crippen LogP) is 1.31. The van der Waals surface area contributed by atoms with Gasteiger partial charge in [-0.1, -0.05) is 18.6 Å². The van der Waals surface area contributed by atoms with Gasteiger partial charge in [-0.2, -0.15) is 0 Å². The fourth-order valence-electron chi connectivity index (χ4n) is 2.33. The summed E-state index contributed by atoms with van der Waals surface area (Å²) in [6.07, 6.45) is 5.37. The lowest BCUT2D eigenvalue weighted by atomic mass is 10.0. The van der Waals surface area contributed by atoms with Gasteiger partial charge in [0, 0.05) is 13.1 Å². The molecule has 15 heavy (non-hydrogen) atoms. The average Bonchev–Trinajstić information content (AvgIpc) is 2.30. The summed E-state index contributed by atoms with van der Waals surface area (Å²) in [5.74, 6) is 0.308. The van der Waals surface area contributed by atoms with Crippen LogP contribution in [0.1, 0.15) is 32.1 Å². The van der Waals surface area contributed by atoms with Crippen molar-refractivity contribution in [1.82, 2.24) is 10.2 Å². The van der Waals surface area contributed by atoms with Crippen LogP contribution in [-0.2, 0) is 4.79 Å². The molecule has 0 unspecified atom stereocenters. The number of amides is 1. The number of rotatable bonds is 1. The van der Waals surface area contributed by atoms with E-state index >= 15 is 0 Å².